The number of benzene rings is 2. The van der Waals surface area contributed by atoms with Gasteiger partial charge in [-0.05, 0) is 24.3 Å². The lowest BCUT2D eigenvalue weighted by Crippen LogP contribution is -2.26. The molecule has 2 N–H and O–H groups in total. The van der Waals surface area contributed by atoms with Gasteiger partial charge in [0.25, 0.3) is 10.0 Å². The summed E-state index contributed by atoms with van der Waals surface area (Å²) in [5, 5.41) is 0.258. The van der Waals surface area contributed by atoms with Crippen LogP contribution in [0.15, 0.2) is 41.3 Å². The van der Waals surface area contributed by atoms with Crippen LogP contribution in [0.1, 0.15) is 0 Å². The number of nitrogens with zero attached hydrogens (tertiary/aromatic N) is 1. The van der Waals surface area contributed by atoms with Crippen molar-refractivity contribution in [2.75, 3.05) is 24.2 Å². The number of hydrogen-bond acceptors (Lipinski definition) is 4. The van der Waals surface area contributed by atoms with Crippen LogP contribution in [-0.4, -0.2) is 22.6 Å². The van der Waals surface area contributed by atoms with E-state index in [1.54, 1.807) is 0 Å². The number of rotatable bonds is 4. The van der Waals surface area contributed by atoms with Crippen molar-refractivity contribution in [1.82, 2.24) is 0 Å². The molecule has 0 fully saturated rings. The smallest absolute Gasteiger partial charge is 0.264 e. The summed E-state index contributed by atoms with van der Waals surface area (Å²) in [6.07, 6.45) is 0. The Bertz CT molecular complexity index is 812. The van der Waals surface area contributed by atoms with Gasteiger partial charge < -0.3 is 10.5 Å². The van der Waals surface area contributed by atoms with E-state index < -0.39 is 15.8 Å². The monoisotopic (exact) mass is 344 g/mol. The van der Waals surface area contributed by atoms with E-state index >= 15 is 0 Å². The van der Waals surface area contributed by atoms with E-state index in [1.165, 1.54) is 38.4 Å². The van der Waals surface area contributed by atoms with Gasteiger partial charge in [0.2, 0.25) is 0 Å². The van der Waals surface area contributed by atoms with Crippen LogP contribution in [0.4, 0.5) is 15.8 Å². The second kappa shape index (κ2) is 6.02. The van der Waals surface area contributed by atoms with Crippen LogP contribution in [0.25, 0.3) is 0 Å². The van der Waals surface area contributed by atoms with Crippen LogP contribution in [-0.2, 0) is 10.0 Å². The molecule has 0 aromatic heterocycles. The van der Waals surface area contributed by atoms with Crippen molar-refractivity contribution in [2.45, 2.75) is 4.90 Å². The molecule has 22 heavy (non-hydrogen) atoms. The Morgan fingerprint density at radius 2 is 1.91 bits per heavy atom. The number of ether oxygens (including phenoxy) is 1. The van der Waals surface area contributed by atoms with E-state index in [0.717, 1.165) is 16.4 Å². The van der Waals surface area contributed by atoms with E-state index in [2.05, 4.69) is 0 Å². The van der Waals surface area contributed by atoms with Gasteiger partial charge in [0.15, 0.2) is 0 Å². The molecule has 0 saturated heterocycles. The maximum Gasteiger partial charge on any atom is 0.264 e. The van der Waals surface area contributed by atoms with Gasteiger partial charge in [0.05, 0.1) is 28.4 Å². The van der Waals surface area contributed by atoms with Crippen molar-refractivity contribution >= 4 is 33.0 Å². The third kappa shape index (κ3) is 3.10. The third-order valence-corrected chi connectivity index (χ3v) is 5.21. The summed E-state index contributed by atoms with van der Waals surface area (Å²) in [6, 6.07) is 7.65. The maximum atomic E-state index is 13.5. The molecule has 0 atom stereocenters. The Kier molecular flexibility index (Phi) is 4.48. The molecule has 2 aromatic rings. The van der Waals surface area contributed by atoms with Crippen molar-refractivity contribution in [3.8, 4) is 5.75 Å². The average Bonchev–Trinajstić information content (AvgIpc) is 2.48. The number of sulfonamides is 1. The zero-order valence-corrected chi connectivity index (χ0v) is 13.5. The van der Waals surface area contributed by atoms with Gasteiger partial charge in [-0.15, -0.1) is 0 Å². The maximum absolute atomic E-state index is 13.5. The van der Waals surface area contributed by atoms with Gasteiger partial charge in [-0.3, -0.25) is 4.31 Å². The minimum atomic E-state index is -3.90. The van der Waals surface area contributed by atoms with Crippen LogP contribution in [0.3, 0.4) is 0 Å². The van der Waals surface area contributed by atoms with Gasteiger partial charge in [0.1, 0.15) is 11.6 Å². The molecule has 0 spiro atoms. The highest BCUT2D eigenvalue weighted by Gasteiger charge is 2.23. The number of nitrogen functional groups attached to an aromatic ring is 1. The second-order valence-corrected chi connectivity index (χ2v) is 6.88. The van der Waals surface area contributed by atoms with Crippen LogP contribution in [0, 0.1) is 5.82 Å². The summed E-state index contributed by atoms with van der Waals surface area (Å²) in [5.74, 6) is -0.389. The minimum absolute atomic E-state index is 0.0415. The van der Waals surface area contributed by atoms with Crippen LogP contribution in [0.5, 0.6) is 5.75 Å². The van der Waals surface area contributed by atoms with Crippen molar-refractivity contribution in [3.63, 3.8) is 0 Å². The lowest BCUT2D eigenvalue weighted by atomic mass is 10.3. The molecule has 5 nitrogen and oxygen atoms in total. The van der Waals surface area contributed by atoms with Crippen LogP contribution >= 0.6 is 11.6 Å². The fourth-order valence-electron chi connectivity index (χ4n) is 1.83. The molecule has 118 valence electrons. The van der Waals surface area contributed by atoms with Gasteiger partial charge >= 0.3 is 0 Å². The first-order valence-corrected chi connectivity index (χ1v) is 7.96. The predicted octanol–water partition coefficient (Wildman–Crippen LogP) is 2.90. The Hall–Kier alpha value is -1.99. The summed E-state index contributed by atoms with van der Waals surface area (Å²) in [4.78, 5) is -0.0415. The molecule has 0 unspecified atom stereocenters. The average molecular weight is 345 g/mol. The van der Waals surface area contributed by atoms with Crippen molar-refractivity contribution in [2.24, 2.45) is 0 Å². The molecule has 0 aliphatic rings. The van der Waals surface area contributed by atoms with Crippen LogP contribution in [0.2, 0.25) is 5.02 Å². The highest BCUT2D eigenvalue weighted by molar-refractivity contribution is 7.92. The van der Waals surface area contributed by atoms with Gasteiger partial charge in [-0.2, -0.15) is 0 Å². The zero-order valence-electron chi connectivity index (χ0n) is 11.9. The number of anilines is 2. The van der Waals surface area contributed by atoms with Crippen LogP contribution < -0.4 is 14.8 Å². The Morgan fingerprint density at radius 1 is 1.23 bits per heavy atom. The molecule has 0 radical (unpaired) electrons. The first kappa shape index (κ1) is 16.4. The largest absolute Gasteiger partial charge is 0.497 e. The lowest BCUT2D eigenvalue weighted by molar-refractivity contribution is 0.411. The molecular formula is C14H14ClFN2O3S. The van der Waals surface area contributed by atoms with E-state index in [-0.39, 0.29) is 27.0 Å². The number of nitrogens with two attached hydrogens (primary N) is 1. The van der Waals surface area contributed by atoms with E-state index in [9.17, 15) is 12.8 Å². The molecule has 0 saturated carbocycles. The fourth-order valence-corrected chi connectivity index (χ4v) is 3.16. The number of halogens is 2. The first-order chi connectivity index (χ1) is 10.3. The van der Waals surface area contributed by atoms with E-state index in [1.807, 2.05) is 0 Å². The van der Waals surface area contributed by atoms with Crippen molar-refractivity contribution < 1.29 is 17.5 Å². The second-order valence-electron chi connectivity index (χ2n) is 4.51. The molecule has 0 amide bonds. The Morgan fingerprint density at radius 3 is 2.50 bits per heavy atom. The lowest BCUT2D eigenvalue weighted by Gasteiger charge is -2.20. The number of methoxy groups -OCH3 is 1. The Labute approximate surface area is 133 Å². The minimum Gasteiger partial charge on any atom is -0.497 e. The summed E-state index contributed by atoms with van der Waals surface area (Å²) in [6.45, 7) is 0. The molecule has 0 aliphatic carbocycles. The summed E-state index contributed by atoms with van der Waals surface area (Å²) in [7, 11) is -1.22. The van der Waals surface area contributed by atoms with E-state index in [4.69, 9.17) is 22.1 Å². The normalized spacial score (nSPS) is 11.3. The number of hydrogen-bond donors (Lipinski definition) is 1. The van der Waals surface area contributed by atoms with Crippen molar-refractivity contribution in [3.05, 3.63) is 47.2 Å². The van der Waals surface area contributed by atoms with Gasteiger partial charge in [0, 0.05) is 19.2 Å². The van der Waals surface area contributed by atoms with Gasteiger partial charge in [-0.1, -0.05) is 11.6 Å². The SMILES string of the molecule is COc1cc(F)cc(N(C)S(=O)(=O)c2ccc(Cl)c(N)c2)c1. The van der Waals surface area contributed by atoms with Crippen molar-refractivity contribution in [1.29, 1.82) is 0 Å². The summed E-state index contributed by atoms with van der Waals surface area (Å²) < 4.78 is 44.6. The summed E-state index contributed by atoms with van der Waals surface area (Å²) >= 11 is 5.79. The highest BCUT2D eigenvalue weighted by atomic mass is 35.5. The molecular weight excluding hydrogens is 331 g/mol. The predicted molar refractivity (Wildman–Crippen MR) is 84.4 cm³/mol. The zero-order chi connectivity index (χ0) is 16.5. The molecule has 2 rings (SSSR count). The topological polar surface area (TPSA) is 72.6 Å². The molecule has 8 heteroatoms. The van der Waals surface area contributed by atoms with E-state index in [0.29, 0.717) is 0 Å². The molecule has 0 bridgehead atoms. The Balaban J connectivity index is 2.48. The standard InChI is InChI=1S/C14H14ClFN2O3S/c1-18(10-5-9(16)6-11(7-10)21-2)22(19,20)12-3-4-13(15)14(17)8-12/h3-8H,17H2,1-2H3. The molecule has 2 aromatic carbocycles. The summed E-state index contributed by atoms with van der Waals surface area (Å²) in [5.41, 5.74) is 5.91. The fraction of sp³-hybridized carbons (Fsp3) is 0.143. The first-order valence-electron chi connectivity index (χ1n) is 6.14. The molecule has 0 aliphatic heterocycles. The quantitative estimate of drug-likeness (QED) is 0.865. The third-order valence-electron chi connectivity index (χ3n) is 3.08. The highest BCUT2D eigenvalue weighted by Crippen LogP contribution is 2.29. The van der Waals surface area contributed by atoms with Gasteiger partial charge in [-0.25, -0.2) is 12.8 Å². The molecule has 0 heterocycles.